The van der Waals surface area contributed by atoms with Gasteiger partial charge in [-0.1, -0.05) is 6.07 Å². The van der Waals surface area contributed by atoms with Crippen molar-refractivity contribution in [1.82, 2.24) is 19.4 Å². The second kappa shape index (κ2) is 5.96. The minimum absolute atomic E-state index is 0.0738. The van der Waals surface area contributed by atoms with Crippen molar-refractivity contribution in [2.75, 3.05) is 6.54 Å². The molecule has 3 aromatic rings. The molecule has 116 valence electrons. The Morgan fingerprint density at radius 2 is 2.26 bits per heavy atom. The predicted molar refractivity (Wildman–Crippen MR) is 88.7 cm³/mol. The van der Waals surface area contributed by atoms with E-state index in [1.807, 2.05) is 23.2 Å². The van der Waals surface area contributed by atoms with Gasteiger partial charge < -0.3 is 4.90 Å². The largest absolute Gasteiger partial charge is 0.331 e. The second-order valence-electron chi connectivity index (χ2n) is 5.54. The summed E-state index contributed by atoms with van der Waals surface area (Å²) in [5.41, 5.74) is 0.673. The van der Waals surface area contributed by atoms with Gasteiger partial charge in [0.15, 0.2) is 0 Å². The standard InChI is InChI=1S/C17H16N4OS/c22-17(21-8-1-3-14(21)15-4-2-10-23-15)13-5-6-19-16(11-13)20-9-7-18-12-20/h2,4-7,9-12,14H,1,3,8H2/t14-/m0/s1. The normalized spacial score (nSPS) is 17.6. The van der Waals surface area contributed by atoms with Crippen LogP contribution in [0.2, 0.25) is 0 Å². The van der Waals surface area contributed by atoms with Crippen LogP contribution in [0.15, 0.2) is 54.6 Å². The van der Waals surface area contributed by atoms with E-state index in [4.69, 9.17) is 0 Å². The van der Waals surface area contributed by atoms with E-state index in [9.17, 15) is 4.79 Å². The molecule has 0 unspecified atom stereocenters. The summed E-state index contributed by atoms with van der Waals surface area (Å²) in [6.07, 6.45) is 8.96. The Hall–Kier alpha value is -2.47. The lowest BCUT2D eigenvalue weighted by atomic mass is 10.1. The molecule has 1 amide bonds. The van der Waals surface area contributed by atoms with Crippen LogP contribution in [0, 0.1) is 0 Å². The highest BCUT2D eigenvalue weighted by Crippen LogP contribution is 2.35. The average molecular weight is 324 g/mol. The molecule has 23 heavy (non-hydrogen) atoms. The van der Waals surface area contributed by atoms with E-state index in [2.05, 4.69) is 21.4 Å². The molecule has 1 aliphatic rings. The minimum atomic E-state index is 0.0738. The summed E-state index contributed by atoms with van der Waals surface area (Å²) in [4.78, 5) is 24.5. The first-order chi connectivity index (χ1) is 11.3. The van der Waals surface area contributed by atoms with Gasteiger partial charge in [0, 0.05) is 35.6 Å². The van der Waals surface area contributed by atoms with Gasteiger partial charge in [0.2, 0.25) is 0 Å². The molecular weight excluding hydrogens is 308 g/mol. The molecule has 0 radical (unpaired) electrons. The van der Waals surface area contributed by atoms with Crippen molar-refractivity contribution >= 4 is 17.2 Å². The third-order valence-electron chi connectivity index (χ3n) is 4.15. The Labute approximate surface area is 138 Å². The summed E-state index contributed by atoms with van der Waals surface area (Å²) in [5, 5.41) is 2.07. The van der Waals surface area contributed by atoms with Crippen molar-refractivity contribution < 1.29 is 4.79 Å². The van der Waals surface area contributed by atoms with E-state index in [1.165, 1.54) is 4.88 Å². The van der Waals surface area contributed by atoms with Gasteiger partial charge >= 0.3 is 0 Å². The van der Waals surface area contributed by atoms with Gasteiger partial charge in [0.1, 0.15) is 12.1 Å². The van der Waals surface area contributed by atoms with E-state index in [-0.39, 0.29) is 11.9 Å². The number of nitrogens with zero attached hydrogens (tertiary/aromatic N) is 4. The number of carbonyl (C=O) groups is 1. The smallest absolute Gasteiger partial charge is 0.254 e. The number of carbonyl (C=O) groups excluding carboxylic acids is 1. The molecule has 0 spiro atoms. The Morgan fingerprint density at radius 3 is 3.04 bits per heavy atom. The third-order valence-corrected chi connectivity index (χ3v) is 5.12. The first-order valence-corrected chi connectivity index (χ1v) is 8.49. The van der Waals surface area contributed by atoms with Crippen LogP contribution in [-0.2, 0) is 0 Å². The van der Waals surface area contributed by atoms with Crippen molar-refractivity contribution in [1.29, 1.82) is 0 Å². The molecule has 0 bridgehead atoms. The second-order valence-corrected chi connectivity index (χ2v) is 6.52. The van der Waals surface area contributed by atoms with E-state index in [0.717, 1.165) is 19.4 Å². The number of hydrogen-bond donors (Lipinski definition) is 0. The van der Waals surface area contributed by atoms with Crippen molar-refractivity contribution in [3.05, 3.63) is 65.0 Å². The first-order valence-electron chi connectivity index (χ1n) is 7.62. The highest BCUT2D eigenvalue weighted by molar-refractivity contribution is 7.10. The Bertz CT molecular complexity index is 798. The summed E-state index contributed by atoms with van der Waals surface area (Å²) in [5.74, 6) is 0.782. The SMILES string of the molecule is O=C(c1ccnc(-n2ccnc2)c1)N1CCC[C@H]1c1cccs1. The van der Waals surface area contributed by atoms with Crippen molar-refractivity contribution in [3.63, 3.8) is 0 Å². The minimum Gasteiger partial charge on any atom is -0.331 e. The maximum atomic E-state index is 13.0. The number of amides is 1. The van der Waals surface area contributed by atoms with E-state index < -0.39 is 0 Å². The van der Waals surface area contributed by atoms with Gasteiger partial charge in [-0.3, -0.25) is 9.36 Å². The lowest BCUT2D eigenvalue weighted by molar-refractivity contribution is 0.0737. The number of aromatic nitrogens is 3. The number of imidazole rings is 1. The number of hydrogen-bond acceptors (Lipinski definition) is 4. The molecule has 0 aliphatic carbocycles. The van der Waals surface area contributed by atoms with Crippen molar-refractivity contribution in [3.8, 4) is 5.82 Å². The summed E-state index contributed by atoms with van der Waals surface area (Å²) < 4.78 is 1.80. The zero-order valence-corrected chi connectivity index (χ0v) is 13.3. The summed E-state index contributed by atoms with van der Waals surface area (Å²) in [6.45, 7) is 0.810. The Kier molecular flexibility index (Phi) is 3.67. The van der Waals surface area contributed by atoms with E-state index in [0.29, 0.717) is 11.4 Å². The fourth-order valence-corrected chi connectivity index (χ4v) is 3.91. The molecule has 0 saturated carbocycles. The lowest BCUT2D eigenvalue weighted by Gasteiger charge is -2.24. The van der Waals surface area contributed by atoms with Gasteiger partial charge in [0.25, 0.3) is 5.91 Å². The predicted octanol–water partition coefficient (Wildman–Crippen LogP) is 3.31. The molecule has 1 atom stereocenters. The Balaban J connectivity index is 1.63. The molecule has 3 aromatic heterocycles. The van der Waals surface area contributed by atoms with Crippen LogP contribution >= 0.6 is 11.3 Å². The fourth-order valence-electron chi connectivity index (χ4n) is 3.04. The van der Waals surface area contributed by atoms with Crippen molar-refractivity contribution in [2.45, 2.75) is 18.9 Å². The van der Waals surface area contributed by atoms with E-state index in [1.54, 1.807) is 40.7 Å². The maximum Gasteiger partial charge on any atom is 0.254 e. The van der Waals surface area contributed by atoms with E-state index >= 15 is 0 Å². The quantitative estimate of drug-likeness (QED) is 0.743. The molecular formula is C17H16N4OS. The molecule has 4 rings (SSSR count). The lowest BCUT2D eigenvalue weighted by Crippen LogP contribution is -2.30. The highest BCUT2D eigenvalue weighted by atomic mass is 32.1. The van der Waals surface area contributed by atoms with Crippen LogP contribution in [0.25, 0.3) is 5.82 Å². The zero-order valence-electron chi connectivity index (χ0n) is 12.5. The number of likely N-dealkylation sites (tertiary alicyclic amines) is 1. The third kappa shape index (κ3) is 2.66. The Morgan fingerprint density at radius 1 is 1.30 bits per heavy atom. The van der Waals surface area contributed by atoms with Gasteiger partial charge in [-0.15, -0.1) is 11.3 Å². The van der Waals surface area contributed by atoms with Gasteiger partial charge in [-0.2, -0.15) is 0 Å². The molecule has 1 saturated heterocycles. The summed E-state index contributed by atoms with van der Waals surface area (Å²) in [6, 6.07) is 7.97. The zero-order chi connectivity index (χ0) is 15.6. The van der Waals surface area contributed by atoms with Crippen LogP contribution in [0.1, 0.15) is 34.1 Å². The molecule has 6 heteroatoms. The molecule has 5 nitrogen and oxygen atoms in total. The van der Waals surface area contributed by atoms with Crippen LogP contribution in [0.4, 0.5) is 0 Å². The number of thiophene rings is 1. The van der Waals surface area contributed by atoms with Crippen LogP contribution in [0.3, 0.4) is 0 Å². The average Bonchev–Trinajstić information content (AvgIpc) is 3.35. The molecule has 0 N–H and O–H groups in total. The fraction of sp³-hybridized carbons (Fsp3) is 0.235. The van der Waals surface area contributed by atoms with Gasteiger partial charge in [-0.05, 0) is 36.4 Å². The highest BCUT2D eigenvalue weighted by Gasteiger charge is 2.31. The number of pyridine rings is 1. The van der Waals surface area contributed by atoms with Crippen LogP contribution in [-0.4, -0.2) is 31.9 Å². The molecule has 1 fully saturated rings. The van der Waals surface area contributed by atoms with Gasteiger partial charge in [-0.25, -0.2) is 9.97 Å². The molecule has 1 aliphatic heterocycles. The van der Waals surface area contributed by atoms with Crippen molar-refractivity contribution in [2.24, 2.45) is 0 Å². The van der Waals surface area contributed by atoms with Gasteiger partial charge in [0.05, 0.1) is 6.04 Å². The van der Waals surface area contributed by atoms with Crippen LogP contribution in [0.5, 0.6) is 0 Å². The first kappa shape index (κ1) is 14.1. The molecule has 4 heterocycles. The summed E-state index contributed by atoms with van der Waals surface area (Å²) >= 11 is 1.72. The number of rotatable bonds is 3. The molecule has 0 aromatic carbocycles. The maximum absolute atomic E-state index is 13.0. The topological polar surface area (TPSA) is 51.0 Å². The monoisotopic (exact) mass is 324 g/mol. The summed E-state index contributed by atoms with van der Waals surface area (Å²) in [7, 11) is 0. The van der Waals surface area contributed by atoms with Crippen LogP contribution < -0.4 is 0 Å².